The summed E-state index contributed by atoms with van der Waals surface area (Å²) in [5, 5.41) is 0. The van der Waals surface area contributed by atoms with Crippen LogP contribution in [0.4, 0.5) is 0 Å². The fourth-order valence-corrected chi connectivity index (χ4v) is 1.42. The van der Waals surface area contributed by atoms with Gasteiger partial charge in [-0.1, -0.05) is 6.92 Å². The third kappa shape index (κ3) is 2.61. The molecule has 1 atom stereocenters. The van der Waals surface area contributed by atoms with Crippen LogP contribution in [0.1, 0.15) is 26.1 Å². The second-order valence-electron chi connectivity index (χ2n) is 4.39. The normalized spacial score (nSPS) is 14.6. The summed E-state index contributed by atoms with van der Waals surface area (Å²) in [5.41, 5.74) is 5.12. The molecule has 1 unspecified atom stereocenters. The molecule has 5 heteroatoms. The average molecular weight is 224 g/mol. The molecule has 0 fully saturated rings. The largest absolute Gasteiger partial charge is 0.337 e. The molecule has 1 amide bonds. The van der Waals surface area contributed by atoms with Crippen molar-refractivity contribution in [3.8, 4) is 0 Å². The van der Waals surface area contributed by atoms with Crippen molar-refractivity contribution in [2.75, 3.05) is 7.05 Å². The molecule has 0 radical (unpaired) electrons. The Bertz CT molecular complexity index is 370. The van der Waals surface area contributed by atoms with Crippen molar-refractivity contribution in [3.05, 3.63) is 18.2 Å². The predicted octanol–water partition coefficient (Wildman–Crippen LogP) is 0.506. The summed E-state index contributed by atoms with van der Waals surface area (Å²) in [4.78, 5) is 17.8. The monoisotopic (exact) mass is 224 g/mol. The lowest BCUT2D eigenvalue weighted by atomic mass is 9.99. The fourth-order valence-electron chi connectivity index (χ4n) is 1.42. The van der Waals surface area contributed by atoms with Gasteiger partial charge in [0.2, 0.25) is 5.91 Å². The number of hydrogen-bond donors (Lipinski definition) is 1. The van der Waals surface area contributed by atoms with E-state index < -0.39 is 5.54 Å². The maximum atomic E-state index is 12.0. The van der Waals surface area contributed by atoms with Gasteiger partial charge in [0.05, 0.1) is 12.1 Å². The molecular weight excluding hydrogens is 204 g/mol. The van der Waals surface area contributed by atoms with E-state index in [4.69, 9.17) is 5.73 Å². The van der Waals surface area contributed by atoms with E-state index in [1.165, 1.54) is 0 Å². The predicted molar refractivity (Wildman–Crippen MR) is 62.6 cm³/mol. The Morgan fingerprint density at radius 3 is 2.75 bits per heavy atom. The first-order valence-electron chi connectivity index (χ1n) is 5.39. The summed E-state index contributed by atoms with van der Waals surface area (Å²) in [6, 6.07) is 0. The van der Waals surface area contributed by atoms with Crippen LogP contribution < -0.4 is 5.73 Å². The third-order valence-corrected chi connectivity index (χ3v) is 2.87. The topological polar surface area (TPSA) is 64.2 Å². The molecule has 1 aromatic rings. The molecule has 0 saturated heterocycles. The molecule has 0 aliphatic carbocycles. The molecule has 0 aromatic carbocycles. The number of likely N-dealkylation sites (N-methyl/N-ethyl adjacent to an activating group) is 1. The molecular formula is C11H20N4O. The second kappa shape index (κ2) is 4.65. The Morgan fingerprint density at radius 2 is 2.31 bits per heavy atom. The molecule has 2 N–H and O–H groups in total. The summed E-state index contributed by atoms with van der Waals surface area (Å²) in [7, 11) is 3.65. The maximum Gasteiger partial charge on any atom is 0.242 e. The average Bonchev–Trinajstić information content (AvgIpc) is 2.63. The first kappa shape index (κ1) is 12.7. The Hall–Kier alpha value is -1.36. The van der Waals surface area contributed by atoms with Crippen LogP contribution in [0, 0.1) is 0 Å². The molecule has 0 saturated carbocycles. The standard InChI is InChI=1S/C11H20N4O/c1-5-11(2,12)10(16)15(4)8-9-13-6-7-14(9)3/h6-7H,5,8,12H2,1-4H3. The van der Waals surface area contributed by atoms with Crippen LogP contribution in [-0.2, 0) is 18.4 Å². The minimum absolute atomic E-state index is 0.0574. The highest BCUT2D eigenvalue weighted by molar-refractivity contribution is 5.85. The summed E-state index contributed by atoms with van der Waals surface area (Å²) in [6.45, 7) is 4.14. The highest BCUT2D eigenvalue weighted by Gasteiger charge is 2.29. The number of carbonyl (C=O) groups is 1. The van der Waals surface area contributed by atoms with Gasteiger partial charge < -0.3 is 15.2 Å². The lowest BCUT2D eigenvalue weighted by molar-refractivity contribution is -0.135. The van der Waals surface area contributed by atoms with Crippen molar-refractivity contribution in [2.45, 2.75) is 32.4 Å². The van der Waals surface area contributed by atoms with Crippen LogP contribution >= 0.6 is 0 Å². The summed E-state index contributed by atoms with van der Waals surface area (Å²) in [6.07, 6.45) is 4.20. The first-order valence-corrected chi connectivity index (χ1v) is 5.39. The van der Waals surface area contributed by atoms with E-state index in [2.05, 4.69) is 4.98 Å². The Kier molecular flexibility index (Phi) is 3.70. The van der Waals surface area contributed by atoms with Crippen LogP contribution in [-0.4, -0.2) is 32.9 Å². The van der Waals surface area contributed by atoms with Gasteiger partial charge in [0, 0.05) is 26.5 Å². The molecule has 0 bridgehead atoms. The molecule has 0 aliphatic rings. The zero-order chi connectivity index (χ0) is 12.3. The number of rotatable bonds is 4. The fraction of sp³-hybridized carbons (Fsp3) is 0.636. The van der Waals surface area contributed by atoms with E-state index in [0.717, 1.165) is 5.82 Å². The molecule has 16 heavy (non-hydrogen) atoms. The molecule has 5 nitrogen and oxygen atoms in total. The lowest BCUT2D eigenvalue weighted by Crippen LogP contribution is -2.51. The van der Waals surface area contributed by atoms with Crippen molar-refractivity contribution in [3.63, 3.8) is 0 Å². The van der Waals surface area contributed by atoms with E-state index in [1.54, 1.807) is 25.1 Å². The first-order chi connectivity index (χ1) is 7.38. The zero-order valence-electron chi connectivity index (χ0n) is 10.4. The van der Waals surface area contributed by atoms with Crippen LogP contribution in [0.5, 0.6) is 0 Å². The molecule has 90 valence electrons. The SMILES string of the molecule is CCC(C)(N)C(=O)N(C)Cc1nccn1C. The quantitative estimate of drug-likeness (QED) is 0.810. The van der Waals surface area contributed by atoms with Gasteiger partial charge in [0.15, 0.2) is 0 Å². The molecule has 0 spiro atoms. The van der Waals surface area contributed by atoms with Crippen LogP contribution in [0.25, 0.3) is 0 Å². The molecule has 1 rings (SSSR count). The Labute approximate surface area is 96.3 Å². The van der Waals surface area contributed by atoms with Gasteiger partial charge in [-0.3, -0.25) is 4.79 Å². The van der Waals surface area contributed by atoms with E-state index >= 15 is 0 Å². The zero-order valence-corrected chi connectivity index (χ0v) is 10.4. The van der Waals surface area contributed by atoms with Crippen LogP contribution in [0.2, 0.25) is 0 Å². The number of aromatic nitrogens is 2. The Morgan fingerprint density at radius 1 is 1.69 bits per heavy atom. The molecule has 0 aliphatic heterocycles. The van der Waals surface area contributed by atoms with Gasteiger partial charge >= 0.3 is 0 Å². The van der Waals surface area contributed by atoms with Crippen LogP contribution in [0.15, 0.2) is 12.4 Å². The minimum Gasteiger partial charge on any atom is -0.337 e. The van der Waals surface area contributed by atoms with Gasteiger partial charge in [0.1, 0.15) is 5.82 Å². The number of nitrogens with zero attached hydrogens (tertiary/aromatic N) is 3. The number of nitrogens with two attached hydrogens (primary N) is 1. The third-order valence-electron chi connectivity index (χ3n) is 2.87. The number of carbonyl (C=O) groups excluding carboxylic acids is 1. The summed E-state index contributed by atoms with van der Waals surface area (Å²) in [5.74, 6) is 0.792. The van der Waals surface area contributed by atoms with Crippen molar-refractivity contribution >= 4 is 5.91 Å². The molecule has 1 aromatic heterocycles. The number of imidazole rings is 1. The van der Waals surface area contributed by atoms with E-state index in [1.807, 2.05) is 24.7 Å². The van der Waals surface area contributed by atoms with Gasteiger partial charge in [-0.05, 0) is 13.3 Å². The minimum atomic E-state index is -0.792. The van der Waals surface area contributed by atoms with Crippen molar-refractivity contribution in [1.82, 2.24) is 14.5 Å². The maximum absolute atomic E-state index is 12.0. The summed E-state index contributed by atoms with van der Waals surface area (Å²) < 4.78 is 1.89. The Balaban J connectivity index is 2.70. The van der Waals surface area contributed by atoms with Gasteiger partial charge in [-0.2, -0.15) is 0 Å². The lowest BCUT2D eigenvalue weighted by Gasteiger charge is -2.27. The van der Waals surface area contributed by atoms with Crippen molar-refractivity contribution in [2.24, 2.45) is 12.8 Å². The van der Waals surface area contributed by atoms with E-state index in [9.17, 15) is 4.79 Å². The second-order valence-corrected chi connectivity index (χ2v) is 4.39. The van der Waals surface area contributed by atoms with Gasteiger partial charge in [0.25, 0.3) is 0 Å². The van der Waals surface area contributed by atoms with Crippen molar-refractivity contribution in [1.29, 1.82) is 0 Å². The number of aryl methyl sites for hydroxylation is 1. The van der Waals surface area contributed by atoms with E-state index in [0.29, 0.717) is 13.0 Å². The highest BCUT2D eigenvalue weighted by atomic mass is 16.2. The van der Waals surface area contributed by atoms with Gasteiger partial charge in [-0.15, -0.1) is 0 Å². The number of hydrogen-bond acceptors (Lipinski definition) is 3. The van der Waals surface area contributed by atoms with Gasteiger partial charge in [-0.25, -0.2) is 4.98 Å². The van der Waals surface area contributed by atoms with E-state index in [-0.39, 0.29) is 5.91 Å². The number of amides is 1. The van der Waals surface area contributed by atoms with Crippen LogP contribution in [0.3, 0.4) is 0 Å². The molecule has 1 heterocycles. The highest BCUT2D eigenvalue weighted by Crippen LogP contribution is 2.10. The smallest absolute Gasteiger partial charge is 0.242 e. The summed E-state index contributed by atoms with van der Waals surface area (Å²) >= 11 is 0. The van der Waals surface area contributed by atoms with Crippen molar-refractivity contribution < 1.29 is 4.79 Å².